The molecule has 0 radical (unpaired) electrons. The largest absolute Gasteiger partial charge is 0.324 e. The van der Waals surface area contributed by atoms with Crippen LogP contribution in [0.5, 0.6) is 0 Å². The number of benzene rings is 1. The van der Waals surface area contributed by atoms with E-state index in [4.69, 9.17) is 5.73 Å². The molecule has 96 valence electrons. The lowest BCUT2D eigenvalue weighted by Crippen LogP contribution is -2.05. The van der Waals surface area contributed by atoms with Crippen molar-refractivity contribution >= 4 is 21.6 Å². The van der Waals surface area contributed by atoms with Gasteiger partial charge in [0, 0.05) is 17.2 Å². The Morgan fingerprint density at radius 3 is 2.71 bits per heavy atom. The summed E-state index contributed by atoms with van der Waals surface area (Å²) in [5.41, 5.74) is 6.92. The van der Waals surface area contributed by atoms with E-state index in [1.165, 1.54) is 6.26 Å². The SMILES string of the molecule is CC(N)c1cccc(SCCCS(C)(=O)=O)c1. The third-order valence-corrected chi connectivity index (χ3v) is 4.42. The average molecular weight is 273 g/mol. The summed E-state index contributed by atoms with van der Waals surface area (Å²) in [6.07, 6.45) is 1.96. The second kappa shape index (κ2) is 6.42. The van der Waals surface area contributed by atoms with Gasteiger partial charge in [0.1, 0.15) is 9.84 Å². The van der Waals surface area contributed by atoms with Crippen LogP contribution in [0.1, 0.15) is 24.9 Å². The molecule has 1 unspecified atom stereocenters. The van der Waals surface area contributed by atoms with E-state index in [-0.39, 0.29) is 11.8 Å². The molecule has 1 aromatic carbocycles. The van der Waals surface area contributed by atoms with E-state index in [0.29, 0.717) is 6.42 Å². The molecule has 1 aromatic rings. The number of hydrogen-bond donors (Lipinski definition) is 1. The standard InChI is InChI=1S/C12H19NO2S2/c1-10(13)11-5-3-6-12(9-11)16-7-4-8-17(2,14)15/h3,5-6,9-10H,4,7-8,13H2,1-2H3. The van der Waals surface area contributed by atoms with Crippen molar-refractivity contribution < 1.29 is 8.42 Å². The maximum absolute atomic E-state index is 11.0. The lowest BCUT2D eigenvalue weighted by molar-refractivity contribution is 0.600. The minimum absolute atomic E-state index is 0.0339. The van der Waals surface area contributed by atoms with Gasteiger partial charge in [-0.2, -0.15) is 0 Å². The van der Waals surface area contributed by atoms with Gasteiger partial charge in [0.05, 0.1) is 5.75 Å². The lowest BCUT2D eigenvalue weighted by Gasteiger charge is -2.07. The van der Waals surface area contributed by atoms with Crippen LogP contribution in [0.2, 0.25) is 0 Å². The Bertz CT molecular complexity index is 455. The van der Waals surface area contributed by atoms with Crippen molar-refractivity contribution in [3.8, 4) is 0 Å². The first-order chi connectivity index (χ1) is 7.88. The van der Waals surface area contributed by atoms with Crippen LogP contribution in [-0.4, -0.2) is 26.2 Å². The molecular weight excluding hydrogens is 254 g/mol. The van der Waals surface area contributed by atoms with Gasteiger partial charge in [-0.1, -0.05) is 12.1 Å². The van der Waals surface area contributed by atoms with Gasteiger partial charge < -0.3 is 5.73 Å². The molecule has 0 aliphatic rings. The zero-order valence-corrected chi connectivity index (χ0v) is 11.9. The maximum atomic E-state index is 11.0. The highest BCUT2D eigenvalue weighted by Crippen LogP contribution is 2.22. The summed E-state index contributed by atoms with van der Waals surface area (Å²) in [6.45, 7) is 1.95. The second-order valence-corrected chi connectivity index (χ2v) is 7.62. The van der Waals surface area contributed by atoms with Crippen molar-refractivity contribution in [2.24, 2.45) is 5.73 Å². The summed E-state index contributed by atoms with van der Waals surface area (Å²) < 4.78 is 21.9. The molecule has 0 heterocycles. The molecule has 1 rings (SSSR count). The van der Waals surface area contributed by atoms with E-state index in [0.717, 1.165) is 16.2 Å². The fourth-order valence-electron chi connectivity index (χ4n) is 1.40. The molecular formula is C12H19NO2S2. The van der Waals surface area contributed by atoms with Crippen LogP contribution in [0.25, 0.3) is 0 Å². The Balaban J connectivity index is 2.44. The van der Waals surface area contributed by atoms with Crippen LogP contribution in [0.4, 0.5) is 0 Å². The Kier molecular flexibility index (Phi) is 5.49. The van der Waals surface area contributed by atoms with Gasteiger partial charge in [0.2, 0.25) is 0 Å². The Morgan fingerprint density at radius 1 is 1.41 bits per heavy atom. The molecule has 0 aliphatic heterocycles. The van der Waals surface area contributed by atoms with Gasteiger partial charge in [-0.3, -0.25) is 0 Å². The molecule has 0 aliphatic carbocycles. The van der Waals surface area contributed by atoms with Crippen molar-refractivity contribution in [2.45, 2.75) is 24.3 Å². The summed E-state index contributed by atoms with van der Waals surface area (Å²) in [5, 5.41) is 0. The molecule has 0 saturated heterocycles. The van der Waals surface area contributed by atoms with Crippen molar-refractivity contribution in [2.75, 3.05) is 17.8 Å². The van der Waals surface area contributed by atoms with Crippen molar-refractivity contribution in [1.82, 2.24) is 0 Å². The summed E-state index contributed by atoms with van der Waals surface area (Å²) in [5.74, 6) is 1.07. The molecule has 3 nitrogen and oxygen atoms in total. The van der Waals surface area contributed by atoms with E-state index in [9.17, 15) is 8.42 Å². The molecule has 0 aromatic heterocycles. The Hall–Kier alpha value is -0.520. The molecule has 2 N–H and O–H groups in total. The summed E-state index contributed by atoms with van der Waals surface area (Å²) in [6, 6.07) is 8.11. The van der Waals surface area contributed by atoms with Gasteiger partial charge in [-0.15, -0.1) is 11.8 Å². The van der Waals surface area contributed by atoms with Crippen LogP contribution in [0, 0.1) is 0 Å². The van der Waals surface area contributed by atoms with Crippen LogP contribution in [0.15, 0.2) is 29.2 Å². The topological polar surface area (TPSA) is 60.2 Å². The average Bonchev–Trinajstić information content (AvgIpc) is 2.23. The van der Waals surface area contributed by atoms with Gasteiger partial charge in [0.25, 0.3) is 0 Å². The molecule has 0 spiro atoms. The lowest BCUT2D eigenvalue weighted by atomic mass is 10.1. The quantitative estimate of drug-likeness (QED) is 0.638. The first-order valence-corrected chi connectivity index (χ1v) is 8.59. The van der Waals surface area contributed by atoms with E-state index in [1.54, 1.807) is 11.8 Å². The van der Waals surface area contributed by atoms with E-state index >= 15 is 0 Å². The van der Waals surface area contributed by atoms with Crippen molar-refractivity contribution in [1.29, 1.82) is 0 Å². The van der Waals surface area contributed by atoms with Crippen molar-refractivity contribution in [3.63, 3.8) is 0 Å². The van der Waals surface area contributed by atoms with Gasteiger partial charge in [-0.05, 0) is 36.8 Å². The maximum Gasteiger partial charge on any atom is 0.147 e. The third kappa shape index (κ3) is 6.10. The fraction of sp³-hybridized carbons (Fsp3) is 0.500. The minimum atomic E-state index is -2.83. The van der Waals surface area contributed by atoms with Crippen LogP contribution < -0.4 is 5.73 Å². The monoisotopic (exact) mass is 273 g/mol. The molecule has 0 amide bonds. The first-order valence-electron chi connectivity index (χ1n) is 5.54. The number of nitrogens with two attached hydrogens (primary N) is 1. The summed E-state index contributed by atoms with van der Waals surface area (Å²) in [4.78, 5) is 1.15. The molecule has 0 bridgehead atoms. The van der Waals surface area contributed by atoms with Crippen LogP contribution >= 0.6 is 11.8 Å². The highest BCUT2D eigenvalue weighted by atomic mass is 32.2. The van der Waals surface area contributed by atoms with Crippen molar-refractivity contribution in [3.05, 3.63) is 29.8 Å². The molecule has 0 saturated carbocycles. The normalized spacial score (nSPS) is 13.6. The number of rotatable bonds is 6. The van der Waals surface area contributed by atoms with E-state index < -0.39 is 9.84 Å². The van der Waals surface area contributed by atoms with E-state index in [1.807, 2.05) is 25.1 Å². The van der Waals surface area contributed by atoms with Crippen LogP contribution in [-0.2, 0) is 9.84 Å². The molecule has 17 heavy (non-hydrogen) atoms. The predicted molar refractivity (Wildman–Crippen MR) is 74.1 cm³/mol. The molecule has 1 atom stereocenters. The molecule has 5 heteroatoms. The fourth-order valence-corrected chi connectivity index (χ4v) is 3.17. The number of sulfone groups is 1. The highest BCUT2D eigenvalue weighted by Gasteiger charge is 2.03. The van der Waals surface area contributed by atoms with E-state index in [2.05, 4.69) is 6.07 Å². The van der Waals surface area contributed by atoms with Gasteiger partial charge >= 0.3 is 0 Å². The first kappa shape index (κ1) is 14.5. The number of hydrogen-bond acceptors (Lipinski definition) is 4. The number of thioether (sulfide) groups is 1. The Morgan fingerprint density at radius 2 is 2.12 bits per heavy atom. The third-order valence-electron chi connectivity index (χ3n) is 2.31. The zero-order valence-electron chi connectivity index (χ0n) is 10.2. The Labute approximate surface area is 108 Å². The zero-order chi connectivity index (χ0) is 12.9. The summed E-state index contributed by atoms with van der Waals surface area (Å²) in [7, 11) is -2.83. The highest BCUT2D eigenvalue weighted by molar-refractivity contribution is 7.99. The van der Waals surface area contributed by atoms with Gasteiger partial charge in [0.15, 0.2) is 0 Å². The summed E-state index contributed by atoms with van der Waals surface area (Å²) >= 11 is 1.67. The molecule has 0 fully saturated rings. The van der Waals surface area contributed by atoms with Crippen LogP contribution in [0.3, 0.4) is 0 Å². The second-order valence-electron chi connectivity index (χ2n) is 4.19. The van der Waals surface area contributed by atoms with Gasteiger partial charge in [-0.25, -0.2) is 8.42 Å². The minimum Gasteiger partial charge on any atom is -0.324 e. The predicted octanol–water partition coefficient (Wildman–Crippen LogP) is 2.23. The smallest absolute Gasteiger partial charge is 0.147 e.